The van der Waals surface area contributed by atoms with E-state index in [0.717, 1.165) is 33.6 Å². The summed E-state index contributed by atoms with van der Waals surface area (Å²) < 4.78 is 11.7. The van der Waals surface area contributed by atoms with Crippen LogP contribution in [0.5, 0.6) is 0 Å². The fraction of sp³-hybridized carbons (Fsp3) is 0.0882. The van der Waals surface area contributed by atoms with E-state index in [2.05, 4.69) is 0 Å². The third-order valence-corrected chi connectivity index (χ3v) is 7.24. The molecule has 0 aliphatic carbocycles. The van der Waals surface area contributed by atoms with Gasteiger partial charge in [0.25, 0.3) is 0 Å². The highest BCUT2D eigenvalue weighted by atomic mass is 35.5. The van der Waals surface area contributed by atoms with Crippen LogP contribution >= 0.6 is 23.2 Å². The van der Waals surface area contributed by atoms with Crippen molar-refractivity contribution in [2.24, 2.45) is 0 Å². The number of aromatic nitrogens is 2. The lowest BCUT2D eigenvalue weighted by atomic mass is 10.0. The van der Waals surface area contributed by atoms with Crippen molar-refractivity contribution in [3.05, 3.63) is 135 Å². The Labute approximate surface area is 253 Å². The van der Waals surface area contributed by atoms with Crippen molar-refractivity contribution in [1.82, 2.24) is 9.55 Å². The maximum atomic E-state index is 11.9. The van der Waals surface area contributed by atoms with Gasteiger partial charge in [-0.15, -0.1) is 0 Å². The van der Waals surface area contributed by atoms with Crippen molar-refractivity contribution in [3.8, 4) is 22.4 Å². The molecule has 0 aliphatic heterocycles. The van der Waals surface area contributed by atoms with E-state index in [1.54, 1.807) is 30.3 Å². The van der Waals surface area contributed by atoms with Crippen LogP contribution in [-0.4, -0.2) is 35.7 Å². The minimum absolute atomic E-state index is 0.370. The van der Waals surface area contributed by atoms with Crippen molar-refractivity contribution >= 4 is 47.3 Å². The van der Waals surface area contributed by atoms with Crippen molar-refractivity contribution in [1.29, 1.82) is 0 Å². The van der Waals surface area contributed by atoms with Crippen molar-refractivity contribution in [2.75, 3.05) is 14.2 Å². The van der Waals surface area contributed by atoms with Gasteiger partial charge in [0, 0.05) is 23.3 Å². The molecular weight excluding hydrogens is 571 g/mol. The van der Waals surface area contributed by atoms with Crippen molar-refractivity contribution < 1.29 is 19.1 Å². The zero-order valence-corrected chi connectivity index (χ0v) is 24.4. The lowest BCUT2D eigenvalue weighted by molar-refractivity contribution is 0.0592. The lowest BCUT2D eigenvalue weighted by Crippen LogP contribution is -2.03. The number of carbonyl (C=O) groups is 2. The Kier molecular flexibility index (Phi) is 8.86. The number of hydrogen-bond donors (Lipinski definition) is 0. The number of rotatable bonds is 8. The maximum absolute atomic E-state index is 11.9. The van der Waals surface area contributed by atoms with Gasteiger partial charge in [-0.05, 0) is 70.8 Å². The van der Waals surface area contributed by atoms with Gasteiger partial charge in [-0.1, -0.05) is 77.8 Å². The van der Waals surface area contributed by atoms with Crippen LogP contribution in [0.1, 0.15) is 37.7 Å². The summed E-state index contributed by atoms with van der Waals surface area (Å²) in [6.07, 6.45) is 5.88. The first-order chi connectivity index (χ1) is 20.3. The van der Waals surface area contributed by atoms with Crippen LogP contribution in [0.3, 0.4) is 0 Å². The summed E-state index contributed by atoms with van der Waals surface area (Å²) in [6, 6.07) is 28.0. The number of benzene rings is 4. The molecule has 0 saturated carbocycles. The number of nitrogens with zero attached hydrogens (tertiary/aromatic N) is 2. The molecule has 42 heavy (non-hydrogen) atoms. The SMILES string of the molecule is COC(=O)c1ccc(Cn2cc(-c3ccc(Cl)cc3Cl)nc2/C=C/c2ccc(-c3cccc(C(=O)OC)c3)cc2)cc1. The zero-order valence-electron chi connectivity index (χ0n) is 22.9. The number of imidazole rings is 1. The van der Waals surface area contributed by atoms with Gasteiger partial charge in [0.15, 0.2) is 0 Å². The van der Waals surface area contributed by atoms with Crippen LogP contribution < -0.4 is 0 Å². The van der Waals surface area contributed by atoms with Crippen LogP contribution in [-0.2, 0) is 16.0 Å². The van der Waals surface area contributed by atoms with Crippen LogP contribution in [0.15, 0.2) is 97.2 Å². The molecule has 0 radical (unpaired) electrons. The topological polar surface area (TPSA) is 70.4 Å². The molecule has 8 heteroatoms. The van der Waals surface area contributed by atoms with Crippen LogP contribution in [0.4, 0.5) is 0 Å². The normalized spacial score (nSPS) is 11.0. The van der Waals surface area contributed by atoms with E-state index in [1.165, 1.54) is 14.2 Å². The predicted octanol–water partition coefficient (Wildman–Crippen LogP) is 8.32. The Bertz CT molecular complexity index is 1770. The monoisotopic (exact) mass is 596 g/mol. The summed E-state index contributed by atoms with van der Waals surface area (Å²) >= 11 is 12.6. The lowest BCUT2D eigenvalue weighted by Gasteiger charge is -2.07. The Morgan fingerprint density at radius 1 is 0.786 bits per heavy atom. The van der Waals surface area contributed by atoms with Gasteiger partial charge in [-0.2, -0.15) is 0 Å². The second-order valence-electron chi connectivity index (χ2n) is 9.45. The molecule has 5 rings (SSSR count). The van der Waals surface area contributed by atoms with Gasteiger partial charge in [0.05, 0.1) is 36.1 Å². The zero-order chi connectivity index (χ0) is 29.6. The first kappa shape index (κ1) is 28.9. The highest BCUT2D eigenvalue weighted by Gasteiger charge is 2.13. The molecule has 0 bridgehead atoms. The number of hydrogen-bond acceptors (Lipinski definition) is 5. The second kappa shape index (κ2) is 12.9. The summed E-state index contributed by atoms with van der Waals surface area (Å²) in [6.45, 7) is 0.523. The molecule has 0 fully saturated rings. The largest absolute Gasteiger partial charge is 0.465 e. The molecule has 0 aliphatic rings. The minimum atomic E-state index is -0.380. The molecule has 1 heterocycles. The smallest absolute Gasteiger partial charge is 0.337 e. The third-order valence-electron chi connectivity index (χ3n) is 6.69. The first-order valence-electron chi connectivity index (χ1n) is 13.0. The maximum Gasteiger partial charge on any atom is 0.337 e. The van der Waals surface area contributed by atoms with Crippen molar-refractivity contribution in [2.45, 2.75) is 6.54 Å². The van der Waals surface area contributed by atoms with Crippen LogP contribution in [0.2, 0.25) is 10.0 Å². The summed E-state index contributed by atoms with van der Waals surface area (Å²) in [5.74, 6) is -0.0249. The van der Waals surface area contributed by atoms with E-state index >= 15 is 0 Å². The van der Waals surface area contributed by atoms with Gasteiger partial charge >= 0.3 is 11.9 Å². The Morgan fingerprint density at radius 3 is 2.19 bits per heavy atom. The van der Waals surface area contributed by atoms with Gasteiger partial charge in [-0.3, -0.25) is 0 Å². The van der Waals surface area contributed by atoms with Crippen LogP contribution in [0.25, 0.3) is 34.5 Å². The summed E-state index contributed by atoms with van der Waals surface area (Å²) in [5.41, 5.74) is 6.34. The van der Waals surface area contributed by atoms with Gasteiger partial charge < -0.3 is 14.0 Å². The summed E-state index contributed by atoms with van der Waals surface area (Å²) in [5, 5.41) is 1.06. The van der Waals surface area contributed by atoms with E-state index in [9.17, 15) is 9.59 Å². The van der Waals surface area contributed by atoms with E-state index < -0.39 is 0 Å². The highest BCUT2D eigenvalue weighted by molar-refractivity contribution is 6.36. The fourth-order valence-electron chi connectivity index (χ4n) is 4.48. The number of esters is 2. The molecule has 5 aromatic rings. The molecular formula is C34H26Cl2N2O4. The van der Waals surface area contributed by atoms with E-state index in [1.807, 2.05) is 83.6 Å². The third kappa shape index (κ3) is 6.62. The van der Waals surface area contributed by atoms with E-state index in [0.29, 0.717) is 33.4 Å². The average molecular weight is 597 g/mol. The Hall–Kier alpha value is -4.65. The van der Waals surface area contributed by atoms with E-state index in [-0.39, 0.29) is 11.9 Å². The molecule has 0 spiro atoms. The molecule has 0 atom stereocenters. The van der Waals surface area contributed by atoms with Gasteiger partial charge in [-0.25, -0.2) is 14.6 Å². The van der Waals surface area contributed by atoms with Gasteiger partial charge in [0.1, 0.15) is 5.82 Å². The van der Waals surface area contributed by atoms with E-state index in [4.69, 9.17) is 37.7 Å². The van der Waals surface area contributed by atoms with Gasteiger partial charge in [0.2, 0.25) is 0 Å². The molecule has 1 aromatic heterocycles. The highest BCUT2D eigenvalue weighted by Crippen LogP contribution is 2.30. The van der Waals surface area contributed by atoms with Crippen LogP contribution in [0, 0.1) is 0 Å². The Balaban J connectivity index is 1.43. The molecule has 4 aromatic carbocycles. The number of ether oxygens (including phenoxy) is 2. The molecule has 0 N–H and O–H groups in total. The predicted molar refractivity (Wildman–Crippen MR) is 167 cm³/mol. The Morgan fingerprint density at radius 2 is 1.50 bits per heavy atom. The molecule has 6 nitrogen and oxygen atoms in total. The fourth-order valence-corrected chi connectivity index (χ4v) is 4.98. The second-order valence-corrected chi connectivity index (χ2v) is 10.3. The van der Waals surface area contributed by atoms with Crippen molar-refractivity contribution in [3.63, 3.8) is 0 Å². The summed E-state index contributed by atoms with van der Waals surface area (Å²) in [4.78, 5) is 28.6. The molecule has 0 amide bonds. The first-order valence-corrected chi connectivity index (χ1v) is 13.8. The average Bonchev–Trinajstić information content (AvgIpc) is 3.41. The standard InChI is InChI=1S/C34H26Cl2N2O4/c1-41-33(39)25-13-8-23(9-14-25)20-38-21-31(29-16-15-28(35)19-30(29)36)37-32(38)17-10-22-6-11-24(12-7-22)26-4-3-5-27(18-26)34(40)42-2/h3-19,21H,20H2,1-2H3/b17-10+. The molecule has 0 saturated heterocycles. The number of carbonyl (C=O) groups excluding carboxylic acids is 2. The molecule has 0 unspecified atom stereocenters. The number of methoxy groups -OCH3 is 2. The number of halogens is 2. The quantitative estimate of drug-likeness (QED) is 0.168. The summed E-state index contributed by atoms with van der Waals surface area (Å²) in [7, 11) is 2.73. The minimum Gasteiger partial charge on any atom is -0.465 e. The molecule has 210 valence electrons.